The van der Waals surface area contributed by atoms with E-state index in [1.807, 2.05) is 0 Å². The van der Waals surface area contributed by atoms with Gasteiger partial charge in [0.25, 0.3) is 0 Å². The molecule has 0 spiro atoms. The van der Waals surface area contributed by atoms with Gasteiger partial charge in [0, 0.05) is 6.04 Å². The fraction of sp³-hybridized carbons (Fsp3) is 0.667. The van der Waals surface area contributed by atoms with E-state index in [4.69, 9.17) is 4.74 Å². The summed E-state index contributed by atoms with van der Waals surface area (Å²) in [4.78, 5) is 0. The van der Waals surface area contributed by atoms with Gasteiger partial charge in [-0.15, -0.1) is 0 Å². The Labute approximate surface area is 124 Å². The fourth-order valence-corrected chi connectivity index (χ4v) is 2.49. The smallest absolute Gasteiger partial charge is 0.141 e. The molecule has 0 saturated carbocycles. The topological polar surface area (TPSA) is 21.3 Å². The van der Waals surface area contributed by atoms with Crippen LogP contribution in [0.3, 0.4) is 0 Å². The standard InChI is InChI=1S/C18H31NO/c1-7-9-15(10-8-2)19-16-13-14(18(3,4)5)11-12-17(16)20-6/h11-13,15,19H,7-10H2,1-6H3. The SMILES string of the molecule is CCCC(CCC)Nc1cc(C(C)(C)C)ccc1OC. The summed E-state index contributed by atoms with van der Waals surface area (Å²) < 4.78 is 5.51. The van der Waals surface area contributed by atoms with Gasteiger partial charge in [-0.05, 0) is 36.0 Å². The van der Waals surface area contributed by atoms with Crippen LogP contribution in [0.15, 0.2) is 18.2 Å². The van der Waals surface area contributed by atoms with E-state index >= 15 is 0 Å². The third kappa shape index (κ3) is 4.73. The minimum absolute atomic E-state index is 0.160. The molecule has 20 heavy (non-hydrogen) atoms. The van der Waals surface area contributed by atoms with Crippen LogP contribution in [-0.2, 0) is 5.41 Å². The molecule has 0 aliphatic heterocycles. The highest BCUT2D eigenvalue weighted by Crippen LogP contribution is 2.32. The van der Waals surface area contributed by atoms with Crippen LogP contribution in [0.5, 0.6) is 5.75 Å². The number of anilines is 1. The molecule has 1 aromatic carbocycles. The molecule has 0 radical (unpaired) electrons. The Hall–Kier alpha value is -1.18. The highest BCUT2D eigenvalue weighted by Gasteiger charge is 2.17. The first kappa shape index (κ1) is 16.9. The van der Waals surface area contributed by atoms with Gasteiger partial charge in [-0.1, -0.05) is 53.5 Å². The molecule has 0 heterocycles. The van der Waals surface area contributed by atoms with E-state index in [2.05, 4.69) is 58.1 Å². The number of rotatable bonds is 7. The van der Waals surface area contributed by atoms with Crippen molar-refractivity contribution >= 4 is 5.69 Å². The molecule has 0 saturated heterocycles. The van der Waals surface area contributed by atoms with Crippen LogP contribution in [0.25, 0.3) is 0 Å². The molecule has 1 N–H and O–H groups in total. The van der Waals surface area contributed by atoms with E-state index in [-0.39, 0.29) is 5.41 Å². The zero-order chi connectivity index (χ0) is 15.2. The van der Waals surface area contributed by atoms with Crippen molar-refractivity contribution in [3.63, 3.8) is 0 Å². The normalized spacial score (nSPS) is 11.8. The molecule has 0 aliphatic carbocycles. The van der Waals surface area contributed by atoms with E-state index in [1.165, 1.54) is 31.2 Å². The lowest BCUT2D eigenvalue weighted by molar-refractivity contribution is 0.414. The minimum atomic E-state index is 0.160. The first-order valence-electron chi connectivity index (χ1n) is 7.87. The molecule has 0 unspecified atom stereocenters. The predicted octanol–water partition coefficient (Wildman–Crippen LogP) is 5.37. The quantitative estimate of drug-likeness (QED) is 0.723. The molecule has 2 nitrogen and oxygen atoms in total. The maximum atomic E-state index is 5.51. The van der Waals surface area contributed by atoms with E-state index in [0.717, 1.165) is 11.4 Å². The van der Waals surface area contributed by atoms with E-state index in [9.17, 15) is 0 Å². The number of hydrogen-bond donors (Lipinski definition) is 1. The minimum Gasteiger partial charge on any atom is -0.495 e. The van der Waals surface area contributed by atoms with Crippen molar-refractivity contribution in [2.75, 3.05) is 12.4 Å². The Kier molecular flexibility index (Phi) is 6.38. The average Bonchev–Trinajstić information content (AvgIpc) is 2.38. The van der Waals surface area contributed by atoms with Gasteiger partial charge in [0.05, 0.1) is 12.8 Å². The molecule has 0 aliphatic rings. The van der Waals surface area contributed by atoms with Gasteiger partial charge < -0.3 is 10.1 Å². The van der Waals surface area contributed by atoms with Crippen molar-refractivity contribution in [1.82, 2.24) is 0 Å². The van der Waals surface area contributed by atoms with Gasteiger partial charge in [0.15, 0.2) is 0 Å². The number of hydrogen-bond acceptors (Lipinski definition) is 2. The first-order valence-corrected chi connectivity index (χ1v) is 7.87. The van der Waals surface area contributed by atoms with E-state index < -0.39 is 0 Å². The summed E-state index contributed by atoms with van der Waals surface area (Å²) >= 11 is 0. The summed E-state index contributed by atoms with van der Waals surface area (Å²) in [5, 5.41) is 3.69. The van der Waals surface area contributed by atoms with Crippen LogP contribution in [0.4, 0.5) is 5.69 Å². The highest BCUT2D eigenvalue weighted by molar-refractivity contribution is 5.59. The maximum absolute atomic E-state index is 5.51. The summed E-state index contributed by atoms with van der Waals surface area (Å²) in [7, 11) is 1.74. The van der Waals surface area contributed by atoms with Crippen LogP contribution in [0, 0.1) is 0 Å². The first-order chi connectivity index (χ1) is 9.42. The van der Waals surface area contributed by atoms with Crippen molar-refractivity contribution in [2.24, 2.45) is 0 Å². The molecular formula is C18H31NO. The number of ether oxygens (including phenoxy) is 1. The monoisotopic (exact) mass is 277 g/mol. The third-order valence-corrected chi connectivity index (χ3v) is 3.70. The third-order valence-electron chi connectivity index (χ3n) is 3.70. The second kappa shape index (κ2) is 7.56. The average molecular weight is 277 g/mol. The molecule has 0 amide bonds. The molecule has 2 heteroatoms. The van der Waals surface area contributed by atoms with Crippen molar-refractivity contribution in [3.05, 3.63) is 23.8 Å². The Bertz CT molecular complexity index is 400. The molecule has 0 fully saturated rings. The van der Waals surface area contributed by atoms with Gasteiger partial charge in [-0.25, -0.2) is 0 Å². The summed E-state index contributed by atoms with van der Waals surface area (Å²) in [6.07, 6.45) is 4.82. The predicted molar refractivity (Wildman–Crippen MR) is 88.9 cm³/mol. The van der Waals surface area contributed by atoms with Gasteiger partial charge >= 0.3 is 0 Å². The highest BCUT2D eigenvalue weighted by atomic mass is 16.5. The van der Waals surface area contributed by atoms with Crippen molar-refractivity contribution < 1.29 is 4.74 Å². The van der Waals surface area contributed by atoms with E-state index in [0.29, 0.717) is 6.04 Å². The van der Waals surface area contributed by atoms with Crippen LogP contribution in [-0.4, -0.2) is 13.2 Å². The summed E-state index contributed by atoms with van der Waals surface area (Å²) in [6, 6.07) is 7.03. The zero-order valence-corrected chi connectivity index (χ0v) is 14.0. The van der Waals surface area contributed by atoms with Gasteiger partial charge in [0.2, 0.25) is 0 Å². The second-order valence-corrected chi connectivity index (χ2v) is 6.58. The molecular weight excluding hydrogens is 246 g/mol. The van der Waals surface area contributed by atoms with Crippen molar-refractivity contribution in [3.8, 4) is 5.75 Å². The maximum Gasteiger partial charge on any atom is 0.141 e. The largest absolute Gasteiger partial charge is 0.495 e. The van der Waals surface area contributed by atoms with E-state index in [1.54, 1.807) is 7.11 Å². The Balaban J connectivity index is 3.00. The Morgan fingerprint density at radius 1 is 1.10 bits per heavy atom. The van der Waals surface area contributed by atoms with Gasteiger partial charge in [0.1, 0.15) is 5.75 Å². The summed E-state index contributed by atoms with van der Waals surface area (Å²) in [5.74, 6) is 0.940. The number of methoxy groups -OCH3 is 1. The molecule has 1 aromatic rings. The zero-order valence-electron chi connectivity index (χ0n) is 14.0. The van der Waals surface area contributed by atoms with Crippen molar-refractivity contribution in [1.29, 1.82) is 0 Å². The van der Waals surface area contributed by atoms with Crippen LogP contribution in [0.2, 0.25) is 0 Å². The Morgan fingerprint density at radius 3 is 2.15 bits per heavy atom. The van der Waals surface area contributed by atoms with Gasteiger partial charge in [-0.2, -0.15) is 0 Å². The molecule has 114 valence electrons. The number of nitrogens with one attached hydrogen (secondary N) is 1. The van der Waals surface area contributed by atoms with Gasteiger partial charge in [-0.3, -0.25) is 0 Å². The van der Waals surface area contributed by atoms with Crippen LogP contribution in [0.1, 0.15) is 65.9 Å². The lowest BCUT2D eigenvalue weighted by Crippen LogP contribution is -2.20. The molecule has 0 atom stereocenters. The van der Waals surface area contributed by atoms with Crippen LogP contribution >= 0.6 is 0 Å². The Morgan fingerprint density at radius 2 is 1.70 bits per heavy atom. The lowest BCUT2D eigenvalue weighted by Gasteiger charge is -2.24. The fourth-order valence-electron chi connectivity index (χ4n) is 2.49. The van der Waals surface area contributed by atoms with Crippen molar-refractivity contribution in [2.45, 2.75) is 71.8 Å². The molecule has 0 bridgehead atoms. The second-order valence-electron chi connectivity index (χ2n) is 6.58. The summed E-state index contributed by atoms with van der Waals surface area (Å²) in [6.45, 7) is 11.2. The molecule has 0 aromatic heterocycles. The molecule has 1 rings (SSSR count). The summed E-state index contributed by atoms with van der Waals surface area (Å²) in [5.41, 5.74) is 2.63. The lowest BCUT2D eigenvalue weighted by atomic mass is 9.86. The van der Waals surface area contributed by atoms with Crippen LogP contribution < -0.4 is 10.1 Å². The number of benzene rings is 1.